The number of nitrogens with one attached hydrogen (secondary N) is 2. The van der Waals surface area contributed by atoms with E-state index in [1.165, 1.54) is 6.07 Å². The van der Waals surface area contributed by atoms with E-state index in [1.807, 2.05) is 36.9 Å². The number of anilines is 2. The Morgan fingerprint density at radius 2 is 1.93 bits per heavy atom. The molecule has 30 heavy (non-hydrogen) atoms. The van der Waals surface area contributed by atoms with Gasteiger partial charge in [-0.25, -0.2) is 0 Å². The van der Waals surface area contributed by atoms with Crippen molar-refractivity contribution in [1.29, 1.82) is 0 Å². The quantitative estimate of drug-likeness (QED) is 0.561. The Kier molecular flexibility index (Phi) is 6.34. The zero-order valence-electron chi connectivity index (χ0n) is 17.4. The summed E-state index contributed by atoms with van der Waals surface area (Å²) in [6, 6.07) is 10.2. The van der Waals surface area contributed by atoms with Gasteiger partial charge in [-0.2, -0.15) is 0 Å². The first kappa shape index (κ1) is 21.3. The van der Waals surface area contributed by atoms with E-state index in [0.29, 0.717) is 23.4 Å². The highest BCUT2D eigenvalue weighted by atomic mass is 16.6. The molecule has 0 fully saturated rings. The molecule has 0 bridgehead atoms. The predicted molar refractivity (Wildman–Crippen MR) is 116 cm³/mol. The van der Waals surface area contributed by atoms with Gasteiger partial charge in [0.15, 0.2) is 0 Å². The van der Waals surface area contributed by atoms with Crippen LogP contribution < -0.4 is 15.5 Å². The van der Waals surface area contributed by atoms with Gasteiger partial charge in [-0.3, -0.25) is 19.7 Å². The molecule has 8 nitrogen and oxygen atoms in total. The van der Waals surface area contributed by atoms with E-state index in [1.54, 1.807) is 19.1 Å². The normalized spacial score (nSPS) is 13.0. The van der Waals surface area contributed by atoms with Crippen molar-refractivity contribution in [3.05, 3.63) is 63.2 Å². The van der Waals surface area contributed by atoms with Crippen molar-refractivity contribution in [2.24, 2.45) is 0 Å². The Balaban J connectivity index is 1.78. The first-order valence-electron chi connectivity index (χ1n) is 9.99. The highest BCUT2D eigenvalue weighted by Crippen LogP contribution is 2.30. The topological polar surface area (TPSA) is 105 Å². The maximum atomic E-state index is 12.7. The number of benzene rings is 2. The lowest BCUT2D eigenvalue weighted by atomic mass is 9.95. The van der Waals surface area contributed by atoms with Crippen LogP contribution in [-0.4, -0.2) is 35.9 Å². The van der Waals surface area contributed by atoms with E-state index in [4.69, 9.17) is 0 Å². The van der Waals surface area contributed by atoms with Crippen LogP contribution in [0.5, 0.6) is 0 Å². The summed E-state index contributed by atoms with van der Waals surface area (Å²) < 4.78 is 0. The van der Waals surface area contributed by atoms with Crippen molar-refractivity contribution < 1.29 is 14.5 Å². The Morgan fingerprint density at radius 1 is 1.20 bits per heavy atom. The number of nitro benzene ring substituents is 1. The van der Waals surface area contributed by atoms with Crippen LogP contribution >= 0.6 is 0 Å². The number of hydrogen-bond donors (Lipinski definition) is 2. The van der Waals surface area contributed by atoms with Gasteiger partial charge < -0.3 is 15.5 Å². The summed E-state index contributed by atoms with van der Waals surface area (Å²) in [5.74, 6) is -0.371. The molecule has 2 aromatic carbocycles. The minimum atomic E-state index is -0.463. The number of carbonyl (C=O) groups excluding carboxylic acids is 2. The molecular formula is C22H26N4O4. The van der Waals surface area contributed by atoms with Crippen LogP contribution in [0.4, 0.5) is 17.1 Å². The van der Waals surface area contributed by atoms with Crippen LogP contribution in [0.15, 0.2) is 36.4 Å². The van der Waals surface area contributed by atoms with E-state index in [0.717, 1.165) is 24.1 Å². The van der Waals surface area contributed by atoms with Gasteiger partial charge in [0.2, 0.25) is 5.91 Å². The second-order valence-corrected chi connectivity index (χ2v) is 7.71. The van der Waals surface area contributed by atoms with Gasteiger partial charge in [-0.1, -0.05) is 12.1 Å². The molecule has 8 heteroatoms. The van der Waals surface area contributed by atoms with Crippen LogP contribution in [0, 0.1) is 17.0 Å². The first-order chi connectivity index (χ1) is 14.3. The van der Waals surface area contributed by atoms with E-state index < -0.39 is 4.92 Å². The Hall–Kier alpha value is -3.42. The van der Waals surface area contributed by atoms with Crippen LogP contribution in [0.3, 0.4) is 0 Å². The molecule has 0 unspecified atom stereocenters. The maximum Gasteiger partial charge on any atom is 0.274 e. The maximum absolute atomic E-state index is 12.7. The van der Waals surface area contributed by atoms with E-state index in [-0.39, 0.29) is 30.1 Å². The zero-order chi connectivity index (χ0) is 21.8. The van der Waals surface area contributed by atoms with Crippen molar-refractivity contribution in [3.8, 4) is 0 Å². The number of nitro groups is 1. The lowest BCUT2D eigenvalue weighted by Gasteiger charge is -2.32. The number of carbonyl (C=O) groups is 2. The fraction of sp³-hybridized carbons (Fsp3) is 0.364. The fourth-order valence-electron chi connectivity index (χ4n) is 3.74. The Bertz CT molecular complexity index is 987. The van der Waals surface area contributed by atoms with Crippen LogP contribution in [-0.2, 0) is 11.2 Å². The molecule has 1 aliphatic rings. The first-order valence-corrected chi connectivity index (χ1v) is 9.99. The minimum Gasteiger partial charge on any atom is -0.362 e. The standard InChI is InChI=1S/C22H26N4O4/c1-14(2)23-22(28)17-7-4-11-20-16(17)8-6-12-25(20)13-21(27)24-18-9-5-10-19(15(18)3)26(29)30/h4-5,7,9-11,14H,6,8,12-13H2,1-3H3,(H,23,28)(H,24,27). The predicted octanol–water partition coefficient (Wildman–Crippen LogP) is 3.43. The van der Waals surface area contributed by atoms with E-state index in [9.17, 15) is 19.7 Å². The smallest absolute Gasteiger partial charge is 0.274 e. The molecule has 0 spiro atoms. The third-order valence-electron chi connectivity index (χ3n) is 5.12. The number of fused-ring (bicyclic) bond motifs is 1. The van der Waals surface area contributed by atoms with Gasteiger partial charge in [0.05, 0.1) is 22.7 Å². The highest BCUT2D eigenvalue weighted by molar-refractivity contribution is 5.99. The van der Waals surface area contributed by atoms with Gasteiger partial charge in [0, 0.05) is 29.9 Å². The summed E-state index contributed by atoms with van der Waals surface area (Å²) in [4.78, 5) is 37.9. The molecule has 0 aromatic heterocycles. The number of amides is 2. The molecule has 1 heterocycles. The van der Waals surface area contributed by atoms with Crippen molar-refractivity contribution in [2.45, 2.75) is 39.7 Å². The zero-order valence-corrected chi connectivity index (χ0v) is 17.4. The van der Waals surface area contributed by atoms with Gasteiger partial charge >= 0.3 is 0 Å². The molecule has 0 aliphatic carbocycles. The van der Waals surface area contributed by atoms with Crippen molar-refractivity contribution in [2.75, 3.05) is 23.3 Å². The summed E-state index contributed by atoms with van der Waals surface area (Å²) in [6.07, 6.45) is 1.61. The molecule has 158 valence electrons. The molecule has 3 rings (SSSR count). The SMILES string of the molecule is Cc1c(NC(=O)CN2CCCc3c(C(=O)NC(C)C)cccc32)cccc1[N+](=O)[O-]. The second-order valence-electron chi connectivity index (χ2n) is 7.71. The highest BCUT2D eigenvalue weighted by Gasteiger charge is 2.24. The summed E-state index contributed by atoms with van der Waals surface area (Å²) in [7, 11) is 0. The number of nitrogens with zero attached hydrogens (tertiary/aromatic N) is 2. The fourth-order valence-corrected chi connectivity index (χ4v) is 3.74. The Morgan fingerprint density at radius 3 is 2.63 bits per heavy atom. The van der Waals surface area contributed by atoms with Gasteiger partial charge in [-0.15, -0.1) is 0 Å². The molecule has 1 aliphatic heterocycles. The molecule has 2 amide bonds. The molecule has 0 saturated carbocycles. The molecule has 2 aromatic rings. The number of rotatable bonds is 6. The van der Waals surface area contributed by atoms with Crippen LogP contribution in [0.2, 0.25) is 0 Å². The monoisotopic (exact) mass is 410 g/mol. The molecular weight excluding hydrogens is 384 g/mol. The van der Waals surface area contributed by atoms with Crippen LogP contribution in [0.25, 0.3) is 0 Å². The lowest BCUT2D eigenvalue weighted by Crippen LogP contribution is -2.38. The Labute approximate surface area is 175 Å². The van der Waals surface area contributed by atoms with Crippen molar-refractivity contribution >= 4 is 28.9 Å². The second kappa shape index (κ2) is 8.94. The average Bonchev–Trinajstić information content (AvgIpc) is 2.68. The summed E-state index contributed by atoms with van der Waals surface area (Å²) in [6.45, 7) is 6.25. The number of hydrogen-bond acceptors (Lipinski definition) is 5. The third-order valence-corrected chi connectivity index (χ3v) is 5.12. The summed E-state index contributed by atoms with van der Waals surface area (Å²) >= 11 is 0. The van der Waals surface area contributed by atoms with Gasteiger partial charge in [0.1, 0.15) is 0 Å². The summed E-state index contributed by atoms with van der Waals surface area (Å²) in [5.41, 5.74) is 3.28. The molecule has 0 saturated heterocycles. The van der Waals surface area contributed by atoms with Crippen molar-refractivity contribution in [3.63, 3.8) is 0 Å². The minimum absolute atomic E-state index is 0.0306. The molecule has 2 N–H and O–H groups in total. The molecule has 0 atom stereocenters. The largest absolute Gasteiger partial charge is 0.362 e. The summed E-state index contributed by atoms with van der Waals surface area (Å²) in [5, 5.41) is 16.8. The third kappa shape index (κ3) is 4.59. The van der Waals surface area contributed by atoms with E-state index in [2.05, 4.69) is 10.6 Å². The lowest BCUT2D eigenvalue weighted by molar-refractivity contribution is -0.385. The van der Waals surface area contributed by atoms with Crippen molar-refractivity contribution in [1.82, 2.24) is 5.32 Å². The van der Waals surface area contributed by atoms with E-state index >= 15 is 0 Å². The van der Waals surface area contributed by atoms with Crippen LogP contribution in [0.1, 0.15) is 41.8 Å². The van der Waals surface area contributed by atoms with Gasteiger partial charge in [-0.05, 0) is 57.4 Å². The molecule has 0 radical (unpaired) electrons. The van der Waals surface area contributed by atoms with Gasteiger partial charge in [0.25, 0.3) is 11.6 Å². The average molecular weight is 410 g/mol.